The quantitative estimate of drug-likeness (QED) is 0.741. The molecule has 27 heavy (non-hydrogen) atoms. The zero-order valence-corrected chi connectivity index (χ0v) is 15.6. The van der Waals surface area contributed by atoms with Gasteiger partial charge in [-0.1, -0.05) is 62.4 Å². The van der Waals surface area contributed by atoms with Crippen molar-refractivity contribution >= 4 is 16.7 Å². The Morgan fingerprint density at radius 3 is 2.59 bits per heavy atom. The predicted octanol–water partition coefficient (Wildman–Crippen LogP) is 4.21. The number of amides is 1. The number of fused-ring (bicyclic) bond motifs is 2. The van der Waals surface area contributed by atoms with Gasteiger partial charge in [0.25, 0.3) is 0 Å². The SMILES string of the molecule is CC(C)(CNC(=O)Cc1ccc2ccccc2c1)c1ccc2c(c1)OCO2. The van der Waals surface area contributed by atoms with Gasteiger partial charge in [0.15, 0.2) is 11.5 Å². The number of ether oxygens (including phenoxy) is 2. The lowest BCUT2D eigenvalue weighted by molar-refractivity contribution is -0.120. The molecule has 1 aliphatic heterocycles. The molecule has 1 heterocycles. The summed E-state index contributed by atoms with van der Waals surface area (Å²) >= 11 is 0. The van der Waals surface area contributed by atoms with E-state index in [1.807, 2.05) is 36.4 Å². The zero-order valence-electron chi connectivity index (χ0n) is 15.6. The van der Waals surface area contributed by atoms with Gasteiger partial charge < -0.3 is 14.8 Å². The summed E-state index contributed by atoms with van der Waals surface area (Å²) in [6.45, 7) is 5.04. The Balaban J connectivity index is 1.40. The van der Waals surface area contributed by atoms with Crippen LogP contribution in [0.2, 0.25) is 0 Å². The highest BCUT2D eigenvalue weighted by Crippen LogP contribution is 2.36. The van der Waals surface area contributed by atoms with Gasteiger partial charge in [0.05, 0.1) is 6.42 Å². The Kier molecular flexibility index (Phi) is 4.48. The number of rotatable bonds is 5. The van der Waals surface area contributed by atoms with Gasteiger partial charge in [-0.3, -0.25) is 4.79 Å². The first-order valence-corrected chi connectivity index (χ1v) is 9.16. The average Bonchev–Trinajstić information content (AvgIpc) is 3.14. The fourth-order valence-corrected chi connectivity index (χ4v) is 3.34. The molecule has 0 bridgehead atoms. The van der Waals surface area contributed by atoms with E-state index in [4.69, 9.17) is 9.47 Å². The average molecular weight is 361 g/mol. The van der Waals surface area contributed by atoms with Crippen LogP contribution in [0.5, 0.6) is 11.5 Å². The molecular formula is C23H23NO3. The molecule has 0 unspecified atom stereocenters. The summed E-state index contributed by atoms with van der Waals surface area (Å²) in [6, 6.07) is 20.3. The third-order valence-corrected chi connectivity index (χ3v) is 5.06. The summed E-state index contributed by atoms with van der Waals surface area (Å²) in [5, 5.41) is 5.42. The maximum absolute atomic E-state index is 12.5. The number of carbonyl (C=O) groups is 1. The molecule has 0 saturated heterocycles. The van der Waals surface area contributed by atoms with E-state index < -0.39 is 0 Å². The minimum Gasteiger partial charge on any atom is -0.454 e. The topological polar surface area (TPSA) is 47.6 Å². The van der Waals surface area contributed by atoms with Gasteiger partial charge in [-0.25, -0.2) is 0 Å². The molecule has 0 spiro atoms. The van der Waals surface area contributed by atoms with Gasteiger partial charge in [0.1, 0.15) is 0 Å². The van der Waals surface area contributed by atoms with Crippen LogP contribution in [0.3, 0.4) is 0 Å². The highest BCUT2D eigenvalue weighted by atomic mass is 16.7. The molecule has 1 amide bonds. The van der Waals surface area contributed by atoms with Crippen molar-refractivity contribution in [3.8, 4) is 11.5 Å². The minimum atomic E-state index is -0.208. The van der Waals surface area contributed by atoms with Gasteiger partial charge in [0.2, 0.25) is 12.7 Å². The Hall–Kier alpha value is -3.01. The van der Waals surface area contributed by atoms with Gasteiger partial charge in [-0.15, -0.1) is 0 Å². The van der Waals surface area contributed by atoms with Crippen molar-refractivity contribution in [2.75, 3.05) is 13.3 Å². The second-order valence-corrected chi connectivity index (χ2v) is 7.59. The van der Waals surface area contributed by atoms with E-state index in [1.165, 1.54) is 5.39 Å². The molecule has 0 fully saturated rings. The van der Waals surface area contributed by atoms with E-state index in [2.05, 4.69) is 43.4 Å². The molecule has 4 nitrogen and oxygen atoms in total. The summed E-state index contributed by atoms with van der Waals surface area (Å²) in [4.78, 5) is 12.5. The van der Waals surface area contributed by atoms with Gasteiger partial charge in [-0.2, -0.15) is 0 Å². The molecule has 0 radical (unpaired) electrons. The van der Waals surface area contributed by atoms with Crippen LogP contribution in [0, 0.1) is 0 Å². The van der Waals surface area contributed by atoms with Crippen molar-refractivity contribution in [1.29, 1.82) is 0 Å². The van der Waals surface area contributed by atoms with Crippen LogP contribution in [0.4, 0.5) is 0 Å². The smallest absolute Gasteiger partial charge is 0.231 e. The number of nitrogens with one attached hydrogen (secondary N) is 1. The second-order valence-electron chi connectivity index (χ2n) is 7.59. The lowest BCUT2D eigenvalue weighted by atomic mass is 9.84. The summed E-state index contributed by atoms with van der Waals surface area (Å²) in [5.74, 6) is 1.57. The fourth-order valence-electron chi connectivity index (χ4n) is 3.34. The van der Waals surface area contributed by atoms with E-state index in [1.54, 1.807) is 0 Å². The van der Waals surface area contributed by atoms with E-state index in [-0.39, 0.29) is 18.1 Å². The van der Waals surface area contributed by atoms with Crippen molar-refractivity contribution in [3.63, 3.8) is 0 Å². The highest BCUT2D eigenvalue weighted by molar-refractivity contribution is 5.85. The van der Waals surface area contributed by atoms with Crippen LogP contribution in [0.25, 0.3) is 10.8 Å². The standard InChI is InChI=1S/C23H23NO3/c1-23(2,19-9-10-20-21(13-19)27-15-26-20)14-24-22(25)12-16-7-8-17-5-3-4-6-18(17)11-16/h3-11,13H,12,14-15H2,1-2H3,(H,24,25). The molecule has 4 rings (SSSR count). The van der Waals surface area contributed by atoms with Crippen molar-refractivity contribution in [2.45, 2.75) is 25.7 Å². The number of benzene rings is 3. The summed E-state index contributed by atoms with van der Waals surface area (Å²) in [5.41, 5.74) is 1.92. The summed E-state index contributed by atoms with van der Waals surface area (Å²) < 4.78 is 10.8. The monoisotopic (exact) mass is 361 g/mol. The maximum atomic E-state index is 12.5. The lowest BCUT2D eigenvalue weighted by Gasteiger charge is -2.26. The number of hydrogen-bond donors (Lipinski definition) is 1. The Bertz CT molecular complexity index is 994. The maximum Gasteiger partial charge on any atom is 0.231 e. The molecule has 0 saturated carbocycles. The van der Waals surface area contributed by atoms with Crippen LogP contribution >= 0.6 is 0 Å². The van der Waals surface area contributed by atoms with Gasteiger partial charge >= 0.3 is 0 Å². The molecule has 1 aliphatic rings. The van der Waals surface area contributed by atoms with Crippen LogP contribution in [-0.2, 0) is 16.6 Å². The van der Waals surface area contributed by atoms with Crippen LogP contribution < -0.4 is 14.8 Å². The first-order chi connectivity index (χ1) is 13.0. The van der Waals surface area contributed by atoms with Crippen molar-refractivity contribution in [3.05, 3.63) is 71.8 Å². The molecular weight excluding hydrogens is 338 g/mol. The second kappa shape index (κ2) is 6.95. The first kappa shape index (κ1) is 17.4. The highest BCUT2D eigenvalue weighted by Gasteiger charge is 2.24. The third-order valence-electron chi connectivity index (χ3n) is 5.06. The molecule has 3 aromatic carbocycles. The van der Waals surface area contributed by atoms with Crippen molar-refractivity contribution in [2.24, 2.45) is 0 Å². The van der Waals surface area contributed by atoms with Crippen LogP contribution in [0.15, 0.2) is 60.7 Å². The Morgan fingerprint density at radius 1 is 0.963 bits per heavy atom. The van der Waals surface area contributed by atoms with Gasteiger partial charge in [0, 0.05) is 12.0 Å². The van der Waals surface area contributed by atoms with Crippen LogP contribution in [0.1, 0.15) is 25.0 Å². The molecule has 4 heteroatoms. The normalized spacial score (nSPS) is 13.0. The summed E-state index contributed by atoms with van der Waals surface area (Å²) in [7, 11) is 0. The van der Waals surface area contributed by atoms with Crippen molar-refractivity contribution < 1.29 is 14.3 Å². The molecule has 0 aromatic heterocycles. The first-order valence-electron chi connectivity index (χ1n) is 9.16. The van der Waals surface area contributed by atoms with E-state index in [0.717, 1.165) is 28.0 Å². The van der Waals surface area contributed by atoms with E-state index in [0.29, 0.717) is 13.0 Å². The molecule has 138 valence electrons. The molecule has 0 aliphatic carbocycles. The Labute approximate surface area is 159 Å². The van der Waals surface area contributed by atoms with E-state index >= 15 is 0 Å². The fraction of sp³-hybridized carbons (Fsp3) is 0.261. The minimum absolute atomic E-state index is 0.0269. The molecule has 0 atom stereocenters. The van der Waals surface area contributed by atoms with Crippen LogP contribution in [-0.4, -0.2) is 19.2 Å². The van der Waals surface area contributed by atoms with Gasteiger partial charge in [-0.05, 0) is 34.0 Å². The number of hydrogen-bond acceptors (Lipinski definition) is 3. The van der Waals surface area contributed by atoms with Crippen molar-refractivity contribution in [1.82, 2.24) is 5.32 Å². The lowest BCUT2D eigenvalue weighted by Crippen LogP contribution is -2.37. The Morgan fingerprint density at radius 2 is 1.74 bits per heavy atom. The largest absolute Gasteiger partial charge is 0.454 e. The zero-order chi connectivity index (χ0) is 18.9. The summed E-state index contributed by atoms with van der Waals surface area (Å²) in [6.07, 6.45) is 0.377. The predicted molar refractivity (Wildman–Crippen MR) is 106 cm³/mol. The third kappa shape index (κ3) is 3.75. The number of carbonyl (C=O) groups excluding carboxylic acids is 1. The van der Waals surface area contributed by atoms with E-state index in [9.17, 15) is 4.79 Å². The molecule has 1 N–H and O–H groups in total. The molecule has 3 aromatic rings.